The summed E-state index contributed by atoms with van der Waals surface area (Å²) in [6.07, 6.45) is 3.41. The van der Waals surface area contributed by atoms with E-state index in [0.717, 1.165) is 48.8 Å². The molecule has 0 unspecified atom stereocenters. The van der Waals surface area contributed by atoms with Gasteiger partial charge in [-0.3, -0.25) is 4.79 Å². The first-order valence-electron chi connectivity index (χ1n) is 9.19. The van der Waals surface area contributed by atoms with Crippen LogP contribution >= 0.6 is 11.6 Å². The van der Waals surface area contributed by atoms with Crippen molar-refractivity contribution in [2.45, 2.75) is 19.4 Å². The number of benzene rings is 2. The third kappa shape index (κ3) is 5.81. The van der Waals surface area contributed by atoms with Gasteiger partial charge in [0, 0.05) is 23.4 Å². The zero-order valence-corrected chi connectivity index (χ0v) is 16.2. The molecule has 0 spiro atoms. The molecule has 1 saturated heterocycles. The average molecular weight is 387 g/mol. The highest BCUT2D eigenvalue weighted by atomic mass is 35.5. The summed E-state index contributed by atoms with van der Waals surface area (Å²) in [5.74, 6) is 0.835. The van der Waals surface area contributed by atoms with E-state index in [0.29, 0.717) is 0 Å². The fourth-order valence-corrected chi connectivity index (χ4v) is 3.43. The van der Waals surface area contributed by atoms with Crippen molar-refractivity contribution < 1.29 is 14.4 Å². The Hall–Kier alpha value is -2.37. The second-order valence-corrected chi connectivity index (χ2v) is 7.27. The standard InChI is InChI=1S/C21H24ClN3O2/c1-27-20-8-4-16(5-9-20)14-23-24-21(26)18-10-12-25(13-11-18)15-17-2-6-19(22)7-3-17/h2-9,14,18H,10-13,15H2,1H3,(H,24,26)/p+1/b23-14-. The molecule has 2 aromatic rings. The van der Waals surface area contributed by atoms with Crippen LogP contribution in [-0.2, 0) is 11.3 Å². The molecule has 0 aromatic heterocycles. The number of piperidine rings is 1. The number of quaternary nitrogens is 1. The minimum absolute atomic E-state index is 0.00491. The lowest BCUT2D eigenvalue weighted by atomic mass is 9.96. The van der Waals surface area contributed by atoms with Gasteiger partial charge in [0.15, 0.2) is 0 Å². The minimum atomic E-state index is 0.00491. The first-order chi connectivity index (χ1) is 13.1. The molecular weight excluding hydrogens is 362 g/mol. The summed E-state index contributed by atoms with van der Waals surface area (Å²) in [6.45, 7) is 2.95. The minimum Gasteiger partial charge on any atom is -0.497 e. The lowest BCUT2D eigenvalue weighted by Crippen LogP contribution is -3.11. The van der Waals surface area contributed by atoms with Crippen LogP contribution in [0.2, 0.25) is 5.02 Å². The van der Waals surface area contributed by atoms with E-state index < -0.39 is 0 Å². The Kier molecular flexibility index (Phi) is 6.85. The number of carbonyl (C=O) groups is 1. The highest BCUT2D eigenvalue weighted by Gasteiger charge is 2.27. The molecule has 1 aliphatic heterocycles. The van der Waals surface area contributed by atoms with Gasteiger partial charge in [0.05, 0.1) is 32.3 Å². The van der Waals surface area contributed by atoms with Crippen molar-refractivity contribution in [1.82, 2.24) is 5.43 Å². The summed E-state index contributed by atoms with van der Waals surface area (Å²) in [5, 5.41) is 4.85. The Labute approximate surface area is 165 Å². The second kappa shape index (κ2) is 9.53. The predicted molar refractivity (Wildman–Crippen MR) is 107 cm³/mol. The third-order valence-electron chi connectivity index (χ3n) is 4.94. The number of ether oxygens (including phenoxy) is 1. The van der Waals surface area contributed by atoms with Crippen molar-refractivity contribution >= 4 is 23.7 Å². The Morgan fingerprint density at radius 1 is 1.19 bits per heavy atom. The van der Waals surface area contributed by atoms with Crippen LogP contribution < -0.4 is 15.1 Å². The van der Waals surface area contributed by atoms with E-state index in [1.54, 1.807) is 13.3 Å². The first kappa shape index (κ1) is 19.4. The Morgan fingerprint density at radius 2 is 1.85 bits per heavy atom. The molecule has 0 atom stereocenters. The van der Waals surface area contributed by atoms with E-state index in [2.05, 4.69) is 22.7 Å². The molecular formula is C21H25ClN3O2+. The number of methoxy groups -OCH3 is 1. The number of likely N-dealkylation sites (tertiary alicyclic amines) is 1. The van der Waals surface area contributed by atoms with Crippen molar-refractivity contribution in [1.29, 1.82) is 0 Å². The fraction of sp³-hybridized carbons (Fsp3) is 0.333. The smallest absolute Gasteiger partial charge is 0.243 e. The molecule has 6 heteroatoms. The van der Waals surface area contributed by atoms with E-state index >= 15 is 0 Å². The number of hydrazone groups is 1. The number of halogens is 1. The van der Waals surface area contributed by atoms with E-state index in [4.69, 9.17) is 16.3 Å². The van der Waals surface area contributed by atoms with Gasteiger partial charge in [0.25, 0.3) is 0 Å². The van der Waals surface area contributed by atoms with Gasteiger partial charge in [-0.15, -0.1) is 0 Å². The van der Waals surface area contributed by atoms with E-state index in [-0.39, 0.29) is 11.8 Å². The number of hydrogen-bond donors (Lipinski definition) is 2. The van der Waals surface area contributed by atoms with Gasteiger partial charge in [-0.05, 0) is 42.0 Å². The Bertz CT molecular complexity index is 767. The van der Waals surface area contributed by atoms with Gasteiger partial charge in [-0.25, -0.2) is 5.43 Å². The van der Waals surface area contributed by atoms with E-state index in [9.17, 15) is 4.79 Å². The number of nitrogens with zero attached hydrogens (tertiary/aromatic N) is 1. The summed E-state index contributed by atoms with van der Waals surface area (Å²) in [6, 6.07) is 15.5. The molecule has 1 aliphatic rings. The van der Waals surface area contributed by atoms with Crippen molar-refractivity contribution in [3.63, 3.8) is 0 Å². The quantitative estimate of drug-likeness (QED) is 0.591. The highest BCUT2D eigenvalue weighted by Crippen LogP contribution is 2.12. The van der Waals surface area contributed by atoms with Crippen LogP contribution in [-0.4, -0.2) is 32.3 Å². The van der Waals surface area contributed by atoms with Gasteiger partial charge >= 0.3 is 0 Å². The molecule has 0 aliphatic carbocycles. The zero-order chi connectivity index (χ0) is 19.1. The van der Waals surface area contributed by atoms with Crippen molar-refractivity contribution in [2.75, 3.05) is 20.2 Å². The molecule has 2 aromatic carbocycles. The molecule has 2 N–H and O–H groups in total. The number of carbonyl (C=O) groups excluding carboxylic acids is 1. The molecule has 1 heterocycles. The van der Waals surface area contributed by atoms with Gasteiger partial charge in [-0.2, -0.15) is 5.10 Å². The third-order valence-corrected chi connectivity index (χ3v) is 5.19. The van der Waals surface area contributed by atoms with Crippen molar-refractivity contribution in [3.05, 3.63) is 64.7 Å². The summed E-state index contributed by atoms with van der Waals surface area (Å²) >= 11 is 5.93. The van der Waals surface area contributed by atoms with Gasteiger partial charge in [0.2, 0.25) is 5.91 Å². The first-order valence-corrected chi connectivity index (χ1v) is 9.57. The maximum Gasteiger partial charge on any atom is 0.243 e. The molecule has 1 fully saturated rings. The summed E-state index contributed by atoms with van der Waals surface area (Å²) in [7, 11) is 1.63. The predicted octanol–water partition coefficient (Wildman–Crippen LogP) is 2.29. The number of hydrogen-bond acceptors (Lipinski definition) is 3. The Balaban J connectivity index is 1.42. The monoisotopic (exact) mass is 386 g/mol. The number of nitrogens with one attached hydrogen (secondary N) is 2. The van der Waals surface area contributed by atoms with Crippen LogP contribution in [0.5, 0.6) is 5.75 Å². The maximum absolute atomic E-state index is 12.3. The second-order valence-electron chi connectivity index (χ2n) is 6.83. The van der Waals surface area contributed by atoms with Gasteiger partial charge in [0.1, 0.15) is 12.3 Å². The van der Waals surface area contributed by atoms with Crippen molar-refractivity contribution in [3.8, 4) is 5.75 Å². The lowest BCUT2D eigenvalue weighted by molar-refractivity contribution is -0.919. The lowest BCUT2D eigenvalue weighted by Gasteiger charge is -2.28. The van der Waals surface area contributed by atoms with Crippen LogP contribution in [0, 0.1) is 5.92 Å². The zero-order valence-electron chi connectivity index (χ0n) is 15.5. The van der Waals surface area contributed by atoms with Crippen LogP contribution in [0.1, 0.15) is 24.0 Å². The SMILES string of the molecule is COc1ccc(/C=N\NC(=O)C2CC[NH+](Cc3ccc(Cl)cc3)CC2)cc1. The largest absolute Gasteiger partial charge is 0.497 e. The fourth-order valence-electron chi connectivity index (χ4n) is 3.31. The molecule has 5 nitrogen and oxygen atoms in total. The molecule has 0 bridgehead atoms. The highest BCUT2D eigenvalue weighted by molar-refractivity contribution is 6.30. The Morgan fingerprint density at radius 3 is 2.48 bits per heavy atom. The summed E-state index contributed by atoms with van der Waals surface area (Å²) in [4.78, 5) is 13.8. The van der Waals surface area contributed by atoms with Crippen LogP contribution in [0.3, 0.4) is 0 Å². The van der Waals surface area contributed by atoms with Crippen molar-refractivity contribution in [2.24, 2.45) is 11.0 Å². The van der Waals surface area contributed by atoms with Crippen LogP contribution in [0.25, 0.3) is 0 Å². The molecule has 1 amide bonds. The number of amides is 1. The van der Waals surface area contributed by atoms with E-state index in [1.165, 1.54) is 10.5 Å². The molecule has 0 saturated carbocycles. The van der Waals surface area contributed by atoms with Crippen LogP contribution in [0.4, 0.5) is 0 Å². The number of rotatable bonds is 6. The normalized spacial score (nSPS) is 19.8. The van der Waals surface area contributed by atoms with Gasteiger partial charge < -0.3 is 9.64 Å². The summed E-state index contributed by atoms with van der Waals surface area (Å²) in [5.41, 5.74) is 4.87. The topological polar surface area (TPSA) is 55.1 Å². The van der Waals surface area contributed by atoms with Crippen LogP contribution in [0.15, 0.2) is 53.6 Å². The van der Waals surface area contributed by atoms with Gasteiger partial charge in [-0.1, -0.05) is 23.7 Å². The molecule has 142 valence electrons. The average Bonchev–Trinajstić information content (AvgIpc) is 2.71. The molecule has 27 heavy (non-hydrogen) atoms. The summed E-state index contributed by atoms with van der Waals surface area (Å²) < 4.78 is 5.12. The molecule has 0 radical (unpaired) electrons. The molecule has 3 rings (SSSR count). The maximum atomic E-state index is 12.3. The van der Waals surface area contributed by atoms with E-state index in [1.807, 2.05) is 36.4 Å².